The molecule has 1 aliphatic rings. The Kier molecular flexibility index (Phi) is 4.66. The summed E-state index contributed by atoms with van der Waals surface area (Å²) in [6, 6.07) is 6.46. The molecule has 1 aliphatic heterocycles. The minimum atomic E-state index is 0.346. The van der Waals surface area contributed by atoms with Crippen molar-refractivity contribution in [2.75, 3.05) is 25.7 Å². The van der Waals surface area contributed by atoms with Crippen molar-refractivity contribution in [2.45, 2.75) is 32.2 Å². The molecule has 1 atom stereocenters. The molecule has 3 rings (SSSR count). The maximum atomic E-state index is 5.96. The number of aryl methyl sites for hydroxylation is 1. The Balaban J connectivity index is 2.10. The monoisotopic (exact) mass is 308 g/mol. The van der Waals surface area contributed by atoms with Crippen molar-refractivity contribution in [3.63, 3.8) is 0 Å². The van der Waals surface area contributed by atoms with Crippen molar-refractivity contribution >= 4 is 22.6 Å². The number of fused-ring (bicyclic) bond motifs is 1. The van der Waals surface area contributed by atoms with Crippen molar-refractivity contribution < 1.29 is 9.47 Å². The summed E-state index contributed by atoms with van der Waals surface area (Å²) >= 11 is 5.96. The highest BCUT2D eigenvalue weighted by molar-refractivity contribution is 6.17. The van der Waals surface area contributed by atoms with Gasteiger partial charge in [0.1, 0.15) is 17.1 Å². The summed E-state index contributed by atoms with van der Waals surface area (Å²) in [6.45, 7) is 4.24. The molecule has 114 valence electrons. The van der Waals surface area contributed by atoms with Crippen LogP contribution in [-0.4, -0.2) is 35.3 Å². The molecule has 21 heavy (non-hydrogen) atoms. The van der Waals surface area contributed by atoms with Crippen LogP contribution in [0.3, 0.4) is 0 Å². The second-order valence-electron chi connectivity index (χ2n) is 5.26. The van der Waals surface area contributed by atoms with Crippen LogP contribution in [0, 0.1) is 0 Å². The van der Waals surface area contributed by atoms with Crippen LogP contribution < -0.4 is 4.74 Å². The van der Waals surface area contributed by atoms with Crippen LogP contribution in [0.2, 0.25) is 0 Å². The number of hydrogen-bond donors (Lipinski definition) is 0. The molecule has 0 spiro atoms. The van der Waals surface area contributed by atoms with Crippen LogP contribution in [0.4, 0.5) is 0 Å². The number of rotatable bonds is 5. The summed E-state index contributed by atoms with van der Waals surface area (Å²) in [7, 11) is 0. The Morgan fingerprint density at radius 1 is 1.48 bits per heavy atom. The van der Waals surface area contributed by atoms with Gasteiger partial charge in [-0.05, 0) is 31.9 Å². The van der Waals surface area contributed by atoms with E-state index in [1.807, 2.05) is 19.1 Å². The molecular weight excluding hydrogens is 288 g/mol. The van der Waals surface area contributed by atoms with Gasteiger partial charge in [-0.2, -0.15) is 0 Å². The molecule has 1 unspecified atom stereocenters. The third kappa shape index (κ3) is 2.87. The second-order valence-corrected chi connectivity index (χ2v) is 5.64. The molecule has 2 heterocycles. The van der Waals surface area contributed by atoms with Crippen LogP contribution in [0.5, 0.6) is 5.75 Å². The number of halogens is 1. The highest BCUT2D eigenvalue weighted by Crippen LogP contribution is 2.31. The highest BCUT2D eigenvalue weighted by atomic mass is 35.5. The van der Waals surface area contributed by atoms with Crippen LogP contribution >= 0.6 is 11.6 Å². The van der Waals surface area contributed by atoms with Gasteiger partial charge in [0.25, 0.3) is 0 Å². The number of ether oxygens (including phenoxy) is 2. The molecule has 0 aliphatic carbocycles. The molecule has 1 aromatic carbocycles. The lowest BCUT2D eigenvalue weighted by Gasteiger charge is -2.25. The SMILES string of the molecule is CCOc1cccc2c1nc(CCCl)n2C1CCCOC1. The van der Waals surface area contributed by atoms with E-state index in [1.54, 1.807) is 0 Å². The highest BCUT2D eigenvalue weighted by Gasteiger charge is 2.22. The quantitative estimate of drug-likeness (QED) is 0.792. The molecule has 0 radical (unpaired) electrons. The molecule has 1 saturated heterocycles. The predicted octanol–water partition coefficient (Wildman–Crippen LogP) is 3.57. The largest absolute Gasteiger partial charge is 0.492 e. The van der Waals surface area contributed by atoms with E-state index in [9.17, 15) is 0 Å². The summed E-state index contributed by atoms with van der Waals surface area (Å²) in [5.41, 5.74) is 2.06. The van der Waals surface area contributed by atoms with Crippen LogP contribution in [0.15, 0.2) is 18.2 Å². The van der Waals surface area contributed by atoms with E-state index in [0.29, 0.717) is 18.5 Å². The number of para-hydroxylation sites is 1. The fraction of sp³-hybridized carbons (Fsp3) is 0.562. The molecule has 2 aromatic rings. The first-order valence-electron chi connectivity index (χ1n) is 7.61. The lowest BCUT2D eigenvalue weighted by atomic mass is 10.1. The van der Waals surface area contributed by atoms with Crippen molar-refractivity contribution in [2.24, 2.45) is 0 Å². The normalized spacial score (nSPS) is 19.0. The summed E-state index contributed by atoms with van der Waals surface area (Å²) in [5.74, 6) is 2.45. The van der Waals surface area contributed by atoms with E-state index in [1.165, 1.54) is 0 Å². The first-order chi connectivity index (χ1) is 10.3. The van der Waals surface area contributed by atoms with Gasteiger partial charge in [0.15, 0.2) is 0 Å². The zero-order valence-electron chi connectivity index (χ0n) is 12.3. The average Bonchev–Trinajstić information content (AvgIpc) is 2.88. The maximum absolute atomic E-state index is 5.96. The molecule has 4 nitrogen and oxygen atoms in total. The number of imidazole rings is 1. The average molecular weight is 309 g/mol. The molecule has 0 saturated carbocycles. The van der Waals surface area contributed by atoms with E-state index in [2.05, 4.69) is 10.6 Å². The van der Waals surface area contributed by atoms with Gasteiger partial charge < -0.3 is 14.0 Å². The van der Waals surface area contributed by atoms with E-state index in [0.717, 1.165) is 55.1 Å². The molecule has 0 amide bonds. The third-order valence-electron chi connectivity index (χ3n) is 3.88. The first kappa shape index (κ1) is 14.7. The first-order valence-corrected chi connectivity index (χ1v) is 8.15. The summed E-state index contributed by atoms with van der Waals surface area (Å²) in [6.07, 6.45) is 2.98. The number of benzene rings is 1. The molecule has 1 fully saturated rings. The lowest BCUT2D eigenvalue weighted by molar-refractivity contribution is 0.0596. The minimum absolute atomic E-state index is 0.346. The Bertz CT molecular complexity index is 606. The van der Waals surface area contributed by atoms with E-state index in [-0.39, 0.29) is 0 Å². The topological polar surface area (TPSA) is 36.3 Å². The van der Waals surface area contributed by atoms with Gasteiger partial charge in [-0.15, -0.1) is 11.6 Å². The lowest BCUT2D eigenvalue weighted by Crippen LogP contribution is -2.23. The van der Waals surface area contributed by atoms with Gasteiger partial charge in [0.05, 0.1) is 24.8 Å². The van der Waals surface area contributed by atoms with Gasteiger partial charge in [0, 0.05) is 18.9 Å². The summed E-state index contributed by atoms with van der Waals surface area (Å²) < 4.78 is 13.7. The van der Waals surface area contributed by atoms with Gasteiger partial charge in [-0.25, -0.2) is 4.98 Å². The van der Waals surface area contributed by atoms with Crippen molar-refractivity contribution in [1.29, 1.82) is 0 Å². The molecule has 1 aromatic heterocycles. The zero-order valence-corrected chi connectivity index (χ0v) is 13.1. The second kappa shape index (κ2) is 6.67. The smallest absolute Gasteiger partial charge is 0.147 e. The maximum Gasteiger partial charge on any atom is 0.147 e. The van der Waals surface area contributed by atoms with E-state index in [4.69, 9.17) is 26.1 Å². The standard InChI is InChI=1S/C16H21ClN2O2/c1-2-21-14-7-3-6-13-16(14)18-15(8-9-17)19(13)12-5-4-10-20-11-12/h3,6-7,12H,2,4-5,8-11H2,1H3. The molecule has 5 heteroatoms. The Morgan fingerprint density at radius 2 is 2.38 bits per heavy atom. The number of aromatic nitrogens is 2. The van der Waals surface area contributed by atoms with Crippen LogP contribution in [0.25, 0.3) is 11.0 Å². The van der Waals surface area contributed by atoms with E-state index >= 15 is 0 Å². The van der Waals surface area contributed by atoms with Crippen LogP contribution in [0.1, 0.15) is 31.6 Å². The van der Waals surface area contributed by atoms with Gasteiger partial charge >= 0.3 is 0 Å². The third-order valence-corrected chi connectivity index (χ3v) is 4.06. The Labute approximate surface area is 130 Å². The fourth-order valence-corrected chi connectivity index (χ4v) is 3.18. The minimum Gasteiger partial charge on any atom is -0.492 e. The summed E-state index contributed by atoms with van der Waals surface area (Å²) in [4.78, 5) is 4.79. The zero-order chi connectivity index (χ0) is 14.7. The number of nitrogens with zero attached hydrogens (tertiary/aromatic N) is 2. The van der Waals surface area contributed by atoms with Crippen LogP contribution in [-0.2, 0) is 11.2 Å². The van der Waals surface area contributed by atoms with Gasteiger partial charge in [-0.3, -0.25) is 0 Å². The summed E-state index contributed by atoms with van der Waals surface area (Å²) in [5, 5.41) is 0. The van der Waals surface area contributed by atoms with Crippen molar-refractivity contribution in [3.8, 4) is 5.75 Å². The van der Waals surface area contributed by atoms with E-state index < -0.39 is 0 Å². The van der Waals surface area contributed by atoms with Gasteiger partial charge in [0.2, 0.25) is 0 Å². The fourth-order valence-electron chi connectivity index (χ4n) is 3.01. The number of hydrogen-bond acceptors (Lipinski definition) is 3. The Morgan fingerprint density at radius 3 is 3.10 bits per heavy atom. The Hall–Kier alpha value is -1.26. The van der Waals surface area contributed by atoms with Crippen molar-refractivity contribution in [3.05, 3.63) is 24.0 Å². The number of alkyl halides is 1. The van der Waals surface area contributed by atoms with Crippen molar-refractivity contribution in [1.82, 2.24) is 9.55 Å². The molecule has 0 N–H and O–H groups in total. The predicted molar refractivity (Wildman–Crippen MR) is 84.4 cm³/mol. The van der Waals surface area contributed by atoms with Gasteiger partial charge in [-0.1, -0.05) is 6.07 Å². The molecular formula is C16H21ClN2O2. The molecule has 0 bridgehead atoms.